The molecule has 1 heterocycles. The molecule has 1 aliphatic rings. The minimum absolute atomic E-state index is 0.0138. The Labute approximate surface area is 177 Å². The second kappa shape index (κ2) is 8.95. The van der Waals surface area contributed by atoms with Crippen LogP contribution in [0, 0.1) is 11.6 Å². The number of rotatable bonds is 5. The van der Waals surface area contributed by atoms with Gasteiger partial charge in [0.25, 0.3) is 0 Å². The number of amides is 1. The highest BCUT2D eigenvalue weighted by Gasteiger charge is 2.30. The average molecular weight is 463 g/mol. The fourth-order valence-corrected chi connectivity index (χ4v) is 4.91. The number of sulfonamides is 1. The summed E-state index contributed by atoms with van der Waals surface area (Å²) in [6, 6.07) is 7.22. The Kier molecular flexibility index (Phi) is 6.78. The Bertz CT molecular complexity index is 1030. The van der Waals surface area contributed by atoms with Gasteiger partial charge in [-0.05, 0) is 48.4 Å². The topological polar surface area (TPSA) is 57.7 Å². The lowest BCUT2D eigenvalue weighted by Gasteiger charge is -2.34. The minimum atomic E-state index is -3.76. The highest BCUT2D eigenvalue weighted by atomic mass is 35.5. The first-order valence-electron chi connectivity index (χ1n) is 8.85. The van der Waals surface area contributed by atoms with E-state index in [4.69, 9.17) is 23.2 Å². The summed E-state index contributed by atoms with van der Waals surface area (Å²) in [4.78, 5) is 13.9. The molecule has 0 N–H and O–H groups in total. The number of piperazine rings is 1. The smallest absolute Gasteiger partial charge is 0.243 e. The van der Waals surface area contributed by atoms with E-state index in [1.807, 2.05) is 0 Å². The number of hydrogen-bond acceptors (Lipinski definition) is 3. The summed E-state index contributed by atoms with van der Waals surface area (Å²) >= 11 is 11.7. The van der Waals surface area contributed by atoms with E-state index >= 15 is 0 Å². The van der Waals surface area contributed by atoms with Gasteiger partial charge in [-0.15, -0.1) is 0 Å². The minimum Gasteiger partial charge on any atom is -0.340 e. The molecule has 2 aromatic carbocycles. The maximum absolute atomic E-state index is 13.7. The molecule has 1 amide bonds. The van der Waals surface area contributed by atoms with Crippen molar-refractivity contribution < 1.29 is 22.0 Å². The van der Waals surface area contributed by atoms with Gasteiger partial charge in [-0.25, -0.2) is 17.2 Å². The van der Waals surface area contributed by atoms with Crippen LogP contribution in [-0.4, -0.2) is 49.7 Å². The molecule has 3 rings (SSSR count). The molecule has 29 heavy (non-hydrogen) atoms. The van der Waals surface area contributed by atoms with E-state index in [0.29, 0.717) is 0 Å². The van der Waals surface area contributed by atoms with Gasteiger partial charge in [0.2, 0.25) is 15.9 Å². The number of benzene rings is 2. The summed E-state index contributed by atoms with van der Waals surface area (Å²) in [5.41, 5.74) is 0.138. The van der Waals surface area contributed by atoms with E-state index < -0.39 is 21.7 Å². The zero-order chi connectivity index (χ0) is 21.2. The number of halogens is 4. The van der Waals surface area contributed by atoms with E-state index in [9.17, 15) is 22.0 Å². The fourth-order valence-electron chi connectivity index (χ4n) is 3.10. The zero-order valence-corrected chi connectivity index (χ0v) is 17.6. The van der Waals surface area contributed by atoms with Crippen molar-refractivity contribution in [2.45, 2.75) is 17.7 Å². The normalized spacial score (nSPS) is 15.5. The first-order valence-corrected chi connectivity index (χ1v) is 11.0. The molecule has 1 fully saturated rings. The van der Waals surface area contributed by atoms with Gasteiger partial charge in [0.1, 0.15) is 11.6 Å². The predicted molar refractivity (Wildman–Crippen MR) is 106 cm³/mol. The van der Waals surface area contributed by atoms with Crippen molar-refractivity contribution in [2.75, 3.05) is 26.2 Å². The van der Waals surface area contributed by atoms with Crippen LogP contribution in [0.3, 0.4) is 0 Å². The van der Waals surface area contributed by atoms with Gasteiger partial charge < -0.3 is 4.90 Å². The van der Waals surface area contributed by atoms with Gasteiger partial charge in [0.05, 0.1) is 14.9 Å². The maximum Gasteiger partial charge on any atom is 0.243 e. The number of aryl methyl sites for hydroxylation is 1. The molecule has 0 saturated carbocycles. The Hall–Kier alpha value is -1.74. The molecule has 0 radical (unpaired) electrons. The third-order valence-corrected chi connectivity index (χ3v) is 7.37. The van der Waals surface area contributed by atoms with Crippen LogP contribution in [0.2, 0.25) is 10.0 Å². The Balaban J connectivity index is 1.58. The van der Waals surface area contributed by atoms with Crippen molar-refractivity contribution >= 4 is 39.1 Å². The van der Waals surface area contributed by atoms with Crippen molar-refractivity contribution in [3.63, 3.8) is 0 Å². The third-order valence-electron chi connectivity index (χ3n) is 4.74. The second-order valence-electron chi connectivity index (χ2n) is 6.60. The second-order valence-corrected chi connectivity index (χ2v) is 9.35. The van der Waals surface area contributed by atoms with Gasteiger partial charge in [-0.2, -0.15) is 4.31 Å². The molecule has 1 saturated heterocycles. The van der Waals surface area contributed by atoms with Crippen LogP contribution in [0.5, 0.6) is 0 Å². The Morgan fingerprint density at radius 3 is 2.31 bits per heavy atom. The highest BCUT2D eigenvalue weighted by Crippen LogP contribution is 2.27. The molecule has 5 nitrogen and oxygen atoms in total. The monoisotopic (exact) mass is 462 g/mol. The summed E-state index contributed by atoms with van der Waals surface area (Å²) < 4.78 is 53.7. The summed E-state index contributed by atoms with van der Waals surface area (Å²) in [5.74, 6) is -1.35. The van der Waals surface area contributed by atoms with E-state index in [1.165, 1.54) is 27.4 Å². The number of carbonyl (C=O) groups is 1. The number of carbonyl (C=O) groups excluding carboxylic acids is 1. The number of nitrogens with zero attached hydrogens (tertiary/aromatic N) is 2. The first kappa shape index (κ1) is 22.0. The van der Waals surface area contributed by atoms with Crippen LogP contribution in [0.1, 0.15) is 12.0 Å². The molecule has 0 bridgehead atoms. The molecule has 0 atom stereocenters. The van der Waals surface area contributed by atoms with Crippen molar-refractivity contribution in [1.82, 2.24) is 9.21 Å². The predicted octanol–water partition coefficient (Wildman–Crippen LogP) is 3.74. The lowest BCUT2D eigenvalue weighted by molar-refractivity contribution is -0.132. The molecular weight excluding hydrogens is 445 g/mol. The van der Waals surface area contributed by atoms with Crippen molar-refractivity contribution in [2.24, 2.45) is 0 Å². The Morgan fingerprint density at radius 2 is 1.66 bits per heavy atom. The van der Waals surface area contributed by atoms with Crippen LogP contribution in [0.15, 0.2) is 41.3 Å². The van der Waals surface area contributed by atoms with Crippen molar-refractivity contribution in [3.05, 3.63) is 63.6 Å². The maximum atomic E-state index is 13.7. The highest BCUT2D eigenvalue weighted by molar-refractivity contribution is 7.89. The van der Waals surface area contributed by atoms with Crippen LogP contribution in [0.25, 0.3) is 0 Å². The van der Waals surface area contributed by atoms with E-state index in [-0.39, 0.29) is 65.4 Å². The zero-order valence-electron chi connectivity index (χ0n) is 15.2. The first-order chi connectivity index (χ1) is 13.7. The van der Waals surface area contributed by atoms with Gasteiger partial charge in [0.15, 0.2) is 0 Å². The van der Waals surface area contributed by atoms with Crippen LogP contribution >= 0.6 is 23.2 Å². The Morgan fingerprint density at radius 1 is 0.966 bits per heavy atom. The van der Waals surface area contributed by atoms with Gasteiger partial charge in [-0.1, -0.05) is 23.2 Å². The van der Waals surface area contributed by atoms with E-state index in [2.05, 4.69) is 0 Å². The van der Waals surface area contributed by atoms with Crippen molar-refractivity contribution in [1.29, 1.82) is 0 Å². The van der Waals surface area contributed by atoms with Crippen molar-refractivity contribution in [3.8, 4) is 0 Å². The lowest BCUT2D eigenvalue weighted by Crippen LogP contribution is -2.50. The van der Waals surface area contributed by atoms with Crippen LogP contribution in [-0.2, 0) is 21.2 Å². The van der Waals surface area contributed by atoms with Gasteiger partial charge in [0, 0.05) is 32.6 Å². The SMILES string of the molecule is O=C(CCc1cc(F)ccc1F)N1CCN(S(=O)(=O)c2ccc(Cl)c(Cl)c2)CC1. The summed E-state index contributed by atoms with van der Waals surface area (Å²) in [6.45, 7) is 0.682. The van der Waals surface area contributed by atoms with Crippen LogP contribution < -0.4 is 0 Å². The molecule has 2 aromatic rings. The molecule has 0 spiro atoms. The van der Waals surface area contributed by atoms with E-state index in [1.54, 1.807) is 0 Å². The lowest BCUT2D eigenvalue weighted by atomic mass is 10.1. The molecule has 0 unspecified atom stereocenters. The molecule has 10 heteroatoms. The molecular formula is C19H18Cl2F2N2O3S. The third kappa shape index (κ3) is 5.06. The molecule has 1 aliphatic heterocycles. The van der Waals surface area contributed by atoms with Gasteiger partial charge in [-0.3, -0.25) is 4.79 Å². The average Bonchev–Trinajstić information content (AvgIpc) is 2.70. The molecule has 156 valence electrons. The summed E-state index contributed by atoms with van der Waals surface area (Å²) in [7, 11) is -3.76. The molecule has 0 aromatic heterocycles. The summed E-state index contributed by atoms with van der Waals surface area (Å²) in [6.07, 6.45) is 0.0874. The standard InChI is InChI=1S/C19H18Cl2F2N2O3S/c20-16-4-3-15(12-17(16)21)29(27,28)25-9-7-24(8-10-25)19(26)6-1-13-11-14(22)2-5-18(13)23/h2-5,11-12H,1,6-10H2. The van der Waals surface area contributed by atoms with Crippen LogP contribution in [0.4, 0.5) is 8.78 Å². The largest absolute Gasteiger partial charge is 0.340 e. The summed E-state index contributed by atoms with van der Waals surface area (Å²) in [5, 5.41) is 0.405. The molecule has 0 aliphatic carbocycles. The van der Waals surface area contributed by atoms with Gasteiger partial charge >= 0.3 is 0 Å². The van der Waals surface area contributed by atoms with E-state index in [0.717, 1.165) is 18.2 Å². The fraction of sp³-hybridized carbons (Fsp3) is 0.316. The quantitative estimate of drug-likeness (QED) is 0.679. The number of hydrogen-bond donors (Lipinski definition) is 0.